The first-order valence-electron chi connectivity index (χ1n) is 17.8. The van der Waals surface area contributed by atoms with Crippen LogP contribution in [-0.4, -0.2) is 24.1 Å². The van der Waals surface area contributed by atoms with E-state index in [1.165, 1.54) is 28.0 Å². The molecule has 1 aromatic carbocycles. The Morgan fingerprint density at radius 1 is 0.755 bits per heavy atom. The Balaban J connectivity index is 1.18. The number of nitrogens with zero attached hydrogens (tertiary/aromatic N) is 2. The maximum atomic E-state index is 8.56. The average Bonchev–Trinajstić information content (AvgIpc) is 3.19. The summed E-state index contributed by atoms with van der Waals surface area (Å²) in [6, 6.07) is 8.77. The van der Waals surface area contributed by atoms with Gasteiger partial charge in [0.15, 0.2) is 0 Å². The summed E-state index contributed by atoms with van der Waals surface area (Å²) in [7, 11) is 0. The lowest BCUT2D eigenvalue weighted by Crippen LogP contribution is -2.44. The van der Waals surface area contributed by atoms with Gasteiger partial charge < -0.3 is 16.0 Å². The second kappa shape index (κ2) is 14.1. The molecule has 0 fully saturated rings. The number of amidine groups is 2. The summed E-state index contributed by atoms with van der Waals surface area (Å²) in [4.78, 5) is 10.4. The van der Waals surface area contributed by atoms with Gasteiger partial charge in [0.1, 0.15) is 17.8 Å². The number of nitrogens with one attached hydrogen (secondary N) is 3. The molecule has 0 aromatic heterocycles. The van der Waals surface area contributed by atoms with E-state index < -0.39 is 0 Å². The molecule has 0 saturated heterocycles. The van der Waals surface area contributed by atoms with Crippen molar-refractivity contribution in [1.29, 1.82) is 5.41 Å². The van der Waals surface area contributed by atoms with Crippen LogP contribution in [0, 0.1) is 29.1 Å². The summed E-state index contributed by atoms with van der Waals surface area (Å²) in [5, 5.41) is 16.3. The quantitative estimate of drug-likeness (QED) is 0.260. The summed E-state index contributed by atoms with van der Waals surface area (Å²) in [6.45, 7) is 0. The van der Waals surface area contributed by atoms with Gasteiger partial charge in [-0.2, -0.15) is 0 Å². The Labute approximate surface area is 290 Å². The van der Waals surface area contributed by atoms with Crippen LogP contribution in [0.4, 0.5) is 0 Å². The van der Waals surface area contributed by atoms with Gasteiger partial charge in [0.2, 0.25) is 0 Å². The zero-order valence-corrected chi connectivity index (χ0v) is 27.8. The zero-order valence-electron chi connectivity index (χ0n) is 27.8. The Morgan fingerprint density at radius 3 is 2.22 bits per heavy atom. The van der Waals surface area contributed by atoms with Gasteiger partial charge in [-0.3, -0.25) is 0 Å². The van der Waals surface area contributed by atoms with Gasteiger partial charge in [0, 0.05) is 46.7 Å². The van der Waals surface area contributed by atoms with E-state index >= 15 is 0 Å². The Kier molecular flexibility index (Phi) is 8.89. The number of allylic oxidation sites excluding steroid dienone is 19. The van der Waals surface area contributed by atoms with Crippen LogP contribution in [0.3, 0.4) is 0 Å². The largest absolute Gasteiger partial charge is 0.357 e. The van der Waals surface area contributed by atoms with Crippen molar-refractivity contribution < 1.29 is 0 Å². The molecule has 0 saturated carbocycles. The van der Waals surface area contributed by atoms with Crippen molar-refractivity contribution in [2.45, 2.75) is 44.7 Å². The van der Waals surface area contributed by atoms with Crippen LogP contribution in [0.2, 0.25) is 0 Å². The smallest absolute Gasteiger partial charge is 0.135 e. The lowest BCUT2D eigenvalue weighted by atomic mass is 9.76. The standard InChI is InChI=1S/C44H43N5/c45-29-38(30-16-5-1-6-17-30)41-37-27-14-13-26-36(37)39(40(46-41)31-18-7-2-8-19-31)34-24-15-25-35(28-34)44-48-42(32-20-9-3-10-21-32)47-43(49-44)33-22-11-4-12-23-33/h1-5,7-16,18,20,22,24-27,29,31-34,42,45-46H,6,17,19,21,23,28H2,(H,47,48,49)/b41-38+,45-29?. The molecular formula is C44H43N5. The molecule has 5 heteroatoms. The molecule has 0 spiro atoms. The minimum absolute atomic E-state index is 0.0598. The van der Waals surface area contributed by atoms with Crippen LogP contribution in [-0.2, 0) is 0 Å². The van der Waals surface area contributed by atoms with Crippen LogP contribution in [0.5, 0.6) is 0 Å². The fourth-order valence-corrected chi connectivity index (χ4v) is 7.90. The topological polar surface area (TPSA) is 72.6 Å². The van der Waals surface area contributed by atoms with Gasteiger partial charge >= 0.3 is 0 Å². The van der Waals surface area contributed by atoms with Gasteiger partial charge in [-0.25, -0.2) is 9.98 Å². The van der Waals surface area contributed by atoms with E-state index in [1.54, 1.807) is 6.21 Å². The fraction of sp³-hybridized carbons (Fsp3) is 0.250. The first kappa shape index (κ1) is 31.0. The monoisotopic (exact) mass is 641 g/mol. The Hall–Kier alpha value is -5.29. The van der Waals surface area contributed by atoms with E-state index in [0.29, 0.717) is 0 Å². The lowest BCUT2D eigenvalue weighted by molar-refractivity contribution is 0.471. The molecule has 244 valence electrons. The van der Waals surface area contributed by atoms with E-state index in [9.17, 15) is 0 Å². The molecule has 5 unspecified atom stereocenters. The molecule has 3 N–H and O–H groups in total. The Morgan fingerprint density at radius 2 is 1.51 bits per heavy atom. The second-order valence-electron chi connectivity index (χ2n) is 13.5. The molecule has 7 aliphatic rings. The van der Waals surface area contributed by atoms with Crippen molar-refractivity contribution in [2.24, 2.45) is 33.7 Å². The van der Waals surface area contributed by atoms with Crippen LogP contribution >= 0.6 is 0 Å². The summed E-state index contributed by atoms with van der Waals surface area (Å²) in [6.07, 6.45) is 46.7. The lowest BCUT2D eigenvalue weighted by Gasteiger charge is -2.36. The normalized spacial score (nSPS) is 29.3. The number of hydrogen-bond donors (Lipinski definition) is 3. The van der Waals surface area contributed by atoms with E-state index in [1.807, 2.05) is 0 Å². The molecule has 49 heavy (non-hydrogen) atoms. The fourth-order valence-electron chi connectivity index (χ4n) is 7.90. The van der Waals surface area contributed by atoms with Gasteiger partial charge in [0.05, 0.1) is 5.70 Å². The van der Waals surface area contributed by atoms with E-state index in [2.05, 4.69) is 144 Å². The molecule has 0 amide bonds. The van der Waals surface area contributed by atoms with Crippen molar-refractivity contribution in [3.63, 3.8) is 0 Å². The molecule has 0 radical (unpaired) electrons. The van der Waals surface area contributed by atoms with E-state index in [4.69, 9.17) is 15.4 Å². The summed E-state index contributed by atoms with van der Waals surface area (Å²) < 4.78 is 0. The summed E-state index contributed by atoms with van der Waals surface area (Å²) >= 11 is 0. The third-order valence-electron chi connectivity index (χ3n) is 10.4. The van der Waals surface area contributed by atoms with Gasteiger partial charge in [-0.15, -0.1) is 0 Å². The van der Waals surface area contributed by atoms with Crippen LogP contribution in [0.25, 0.3) is 11.3 Å². The van der Waals surface area contributed by atoms with Gasteiger partial charge in [-0.1, -0.05) is 134 Å². The zero-order chi connectivity index (χ0) is 33.0. The molecular weight excluding hydrogens is 599 g/mol. The van der Waals surface area contributed by atoms with Gasteiger partial charge in [-0.05, 0) is 60.8 Å². The summed E-state index contributed by atoms with van der Waals surface area (Å²) in [5.41, 5.74) is 9.39. The number of fused-ring (bicyclic) bond motifs is 1. The molecule has 2 aliphatic heterocycles. The summed E-state index contributed by atoms with van der Waals surface area (Å²) in [5.74, 6) is 2.68. The molecule has 5 atom stereocenters. The molecule has 2 heterocycles. The maximum absolute atomic E-state index is 8.56. The minimum Gasteiger partial charge on any atom is -0.357 e. The third kappa shape index (κ3) is 6.33. The molecule has 1 aromatic rings. The highest BCUT2D eigenvalue weighted by molar-refractivity contribution is 6.09. The number of aliphatic imine (C=N–C) groups is 2. The highest BCUT2D eigenvalue weighted by Gasteiger charge is 2.34. The third-order valence-corrected chi connectivity index (χ3v) is 10.4. The Bertz CT molecular complexity index is 1960. The first-order chi connectivity index (χ1) is 24.3. The van der Waals surface area contributed by atoms with Crippen LogP contribution in [0.1, 0.15) is 49.7 Å². The number of benzene rings is 1. The number of hydrogen-bond acceptors (Lipinski definition) is 5. The van der Waals surface area contributed by atoms with Crippen molar-refractivity contribution in [3.8, 4) is 0 Å². The second-order valence-corrected chi connectivity index (χ2v) is 13.5. The van der Waals surface area contributed by atoms with Crippen molar-refractivity contribution >= 4 is 29.2 Å². The predicted molar refractivity (Wildman–Crippen MR) is 205 cm³/mol. The van der Waals surface area contributed by atoms with Crippen molar-refractivity contribution in [2.75, 3.05) is 0 Å². The molecule has 8 rings (SSSR count). The van der Waals surface area contributed by atoms with Crippen molar-refractivity contribution in [3.05, 3.63) is 167 Å². The average molecular weight is 642 g/mol. The SMILES string of the molecule is N=C/C(C1=CC=CCC1)=C1\NC(C2C=CC=CC2)=C(C2C=CC=C(C3=NC(C4C=CC=CC4)=NC(C4C=CC=CC4)N3)C2)c2ccccc21. The number of rotatable bonds is 7. The first-order valence-corrected chi connectivity index (χ1v) is 17.8. The van der Waals surface area contributed by atoms with Crippen molar-refractivity contribution in [1.82, 2.24) is 10.6 Å². The van der Waals surface area contributed by atoms with Gasteiger partial charge in [0.25, 0.3) is 0 Å². The molecule has 0 bridgehead atoms. The molecule has 5 nitrogen and oxygen atoms in total. The van der Waals surface area contributed by atoms with E-state index in [-0.39, 0.29) is 29.8 Å². The predicted octanol–water partition coefficient (Wildman–Crippen LogP) is 9.26. The van der Waals surface area contributed by atoms with E-state index in [0.717, 1.165) is 67.0 Å². The highest BCUT2D eigenvalue weighted by Crippen LogP contribution is 2.45. The van der Waals surface area contributed by atoms with Crippen LogP contribution in [0.15, 0.2) is 166 Å². The molecule has 5 aliphatic carbocycles. The highest BCUT2D eigenvalue weighted by atomic mass is 15.2. The maximum Gasteiger partial charge on any atom is 0.135 e. The minimum atomic E-state index is -0.0598. The van der Waals surface area contributed by atoms with Crippen LogP contribution < -0.4 is 10.6 Å².